The van der Waals surface area contributed by atoms with Crippen LogP contribution in [-0.4, -0.2) is 45.8 Å². The van der Waals surface area contributed by atoms with E-state index in [2.05, 4.69) is 20.8 Å². The predicted molar refractivity (Wildman–Crippen MR) is 131 cm³/mol. The highest BCUT2D eigenvalue weighted by molar-refractivity contribution is 8.01. The molecule has 8 nitrogen and oxygen atoms in total. The zero-order chi connectivity index (χ0) is 23.2. The lowest BCUT2D eigenvalue weighted by atomic mass is 10.2. The Labute approximate surface area is 200 Å². The minimum atomic E-state index is -0.126. The number of hydrogen-bond donors (Lipinski definition) is 2. The van der Waals surface area contributed by atoms with E-state index in [1.54, 1.807) is 7.11 Å². The number of aromatic nitrogens is 2. The Morgan fingerprint density at radius 2 is 1.91 bits per heavy atom. The molecule has 1 aromatic heterocycles. The molecule has 172 valence electrons. The number of nitrogens with zero attached hydrogens (tertiary/aromatic N) is 3. The molecule has 2 amide bonds. The number of hydrogen-bond acceptors (Lipinski definition) is 8. The number of ether oxygens (including phenoxy) is 1. The summed E-state index contributed by atoms with van der Waals surface area (Å²) in [7, 11) is 1.64. The number of benzene rings is 2. The summed E-state index contributed by atoms with van der Waals surface area (Å²) >= 11 is 2.79. The summed E-state index contributed by atoms with van der Waals surface area (Å²) in [5, 5.41) is 14.9. The van der Waals surface area contributed by atoms with Crippen LogP contribution in [0.5, 0.6) is 5.75 Å². The van der Waals surface area contributed by atoms with Gasteiger partial charge >= 0.3 is 0 Å². The van der Waals surface area contributed by atoms with E-state index in [9.17, 15) is 9.59 Å². The van der Waals surface area contributed by atoms with Crippen LogP contribution in [0.25, 0.3) is 0 Å². The molecule has 0 spiro atoms. The summed E-state index contributed by atoms with van der Waals surface area (Å²) in [6, 6.07) is 15.5. The van der Waals surface area contributed by atoms with Crippen LogP contribution in [0.4, 0.5) is 16.5 Å². The molecule has 1 heterocycles. The second-order valence-electron chi connectivity index (χ2n) is 7.65. The van der Waals surface area contributed by atoms with Crippen LogP contribution in [0.1, 0.15) is 25.3 Å². The molecule has 4 rings (SSSR count). The van der Waals surface area contributed by atoms with Crippen LogP contribution < -0.4 is 15.4 Å². The number of rotatable bonds is 10. The van der Waals surface area contributed by atoms with Gasteiger partial charge < -0.3 is 20.3 Å². The molecule has 33 heavy (non-hydrogen) atoms. The summed E-state index contributed by atoms with van der Waals surface area (Å²) in [5.74, 6) is 1.10. The van der Waals surface area contributed by atoms with Crippen LogP contribution in [0, 0.1) is 0 Å². The van der Waals surface area contributed by atoms with E-state index in [1.807, 2.05) is 53.4 Å². The molecule has 2 aromatic carbocycles. The fourth-order valence-corrected chi connectivity index (χ4v) is 4.92. The molecule has 0 bridgehead atoms. The minimum absolute atomic E-state index is 0.103. The van der Waals surface area contributed by atoms with Crippen molar-refractivity contribution in [1.82, 2.24) is 15.1 Å². The Kier molecular flexibility index (Phi) is 7.46. The highest BCUT2D eigenvalue weighted by Crippen LogP contribution is 2.32. The number of nitrogens with one attached hydrogen (secondary N) is 2. The van der Waals surface area contributed by atoms with Crippen LogP contribution in [0.3, 0.4) is 0 Å². The molecule has 3 aromatic rings. The average Bonchev–Trinajstić information content (AvgIpc) is 3.55. The van der Waals surface area contributed by atoms with E-state index < -0.39 is 0 Å². The van der Waals surface area contributed by atoms with E-state index in [0.29, 0.717) is 29.2 Å². The molecule has 0 saturated heterocycles. The van der Waals surface area contributed by atoms with Gasteiger partial charge in [0.2, 0.25) is 16.9 Å². The van der Waals surface area contributed by atoms with Crippen molar-refractivity contribution in [1.29, 1.82) is 0 Å². The second kappa shape index (κ2) is 10.7. The van der Waals surface area contributed by atoms with Crippen LogP contribution in [0.15, 0.2) is 52.9 Å². The maximum atomic E-state index is 12.9. The number of thioether (sulfide) groups is 1. The number of anilines is 3. The Balaban J connectivity index is 1.32. The van der Waals surface area contributed by atoms with Gasteiger partial charge in [-0.1, -0.05) is 41.3 Å². The van der Waals surface area contributed by atoms with Crippen molar-refractivity contribution in [2.24, 2.45) is 0 Å². The van der Waals surface area contributed by atoms with Gasteiger partial charge in [-0.15, -0.1) is 10.2 Å². The monoisotopic (exact) mass is 483 g/mol. The van der Waals surface area contributed by atoms with Gasteiger partial charge in [0.05, 0.1) is 12.9 Å². The summed E-state index contributed by atoms with van der Waals surface area (Å²) < 4.78 is 5.94. The van der Waals surface area contributed by atoms with Crippen molar-refractivity contribution in [3.63, 3.8) is 0 Å². The van der Waals surface area contributed by atoms with Gasteiger partial charge in [0, 0.05) is 30.9 Å². The van der Waals surface area contributed by atoms with Gasteiger partial charge in [-0.2, -0.15) is 0 Å². The van der Waals surface area contributed by atoms with E-state index in [-0.39, 0.29) is 11.8 Å². The molecule has 0 radical (unpaired) electrons. The lowest BCUT2D eigenvalue weighted by Gasteiger charge is -2.22. The molecular formula is C23H25N5O3S2. The van der Waals surface area contributed by atoms with Gasteiger partial charge in [-0.05, 0) is 48.7 Å². The Morgan fingerprint density at radius 3 is 2.61 bits per heavy atom. The van der Waals surface area contributed by atoms with E-state index in [1.165, 1.54) is 30.0 Å². The lowest BCUT2D eigenvalue weighted by Crippen LogP contribution is -2.33. The smallest absolute Gasteiger partial charge is 0.233 e. The molecule has 1 aliphatic rings. The Hall–Kier alpha value is -3.11. The fourth-order valence-electron chi connectivity index (χ4n) is 3.26. The number of methoxy groups -OCH3 is 1. The van der Waals surface area contributed by atoms with Crippen molar-refractivity contribution in [2.75, 3.05) is 23.5 Å². The number of carbonyl (C=O) groups excluding carboxylic acids is 2. The predicted octanol–water partition coefficient (Wildman–Crippen LogP) is 4.53. The zero-order valence-electron chi connectivity index (χ0n) is 18.4. The summed E-state index contributed by atoms with van der Waals surface area (Å²) in [6.07, 6.45) is 2.11. The maximum Gasteiger partial charge on any atom is 0.233 e. The minimum Gasteiger partial charge on any atom is -0.497 e. The molecule has 0 unspecified atom stereocenters. The third kappa shape index (κ3) is 6.69. The van der Waals surface area contributed by atoms with Gasteiger partial charge in [0.1, 0.15) is 5.75 Å². The first-order valence-electron chi connectivity index (χ1n) is 10.5. The fraction of sp³-hybridized carbons (Fsp3) is 0.304. The third-order valence-corrected chi connectivity index (χ3v) is 6.94. The molecular weight excluding hydrogens is 458 g/mol. The van der Waals surface area contributed by atoms with Crippen LogP contribution >= 0.6 is 23.1 Å². The third-order valence-electron chi connectivity index (χ3n) is 4.98. The van der Waals surface area contributed by atoms with Gasteiger partial charge in [0.25, 0.3) is 0 Å². The SMILES string of the molecule is COc1ccc(CN(C(=O)CSc2nnc(Nc3cccc(NC(C)=O)c3)s2)C2CC2)cc1. The highest BCUT2D eigenvalue weighted by Gasteiger charge is 2.32. The lowest BCUT2D eigenvalue weighted by molar-refractivity contribution is -0.129. The molecule has 1 fully saturated rings. The normalized spacial score (nSPS) is 12.8. The van der Waals surface area contributed by atoms with Crippen LogP contribution in [0.2, 0.25) is 0 Å². The average molecular weight is 484 g/mol. The Bertz CT molecular complexity index is 1120. The standard InChI is InChI=1S/C23H25N5O3S2/c1-15(29)24-17-4-3-5-18(12-17)25-22-26-27-23(33-22)32-14-21(30)28(19-8-9-19)13-16-6-10-20(31-2)11-7-16/h3-7,10-12,19H,8-9,13-14H2,1-2H3,(H,24,29)(H,25,26). The first-order chi connectivity index (χ1) is 16.0. The molecule has 1 saturated carbocycles. The summed E-state index contributed by atoms with van der Waals surface area (Å²) in [6.45, 7) is 2.07. The van der Waals surface area contributed by atoms with E-state index in [4.69, 9.17) is 4.74 Å². The molecule has 10 heteroatoms. The van der Waals surface area contributed by atoms with Gasteiger partial charge in [-0.25, -0.2) is 0 Å². The molecule has 0 atom stereocenters. The molecule has 1 aliphatic carbocycles. The van der Waals surface area contributed by atoms with Crippen LogP contribution in [-0.2, 0) is 16.1 Å². The quantitative estimate of drug-likeness (QED) is 0.409. The second-order valence-corrected chi connectivity index (χ2v) is 9.85. The molecule has 2 N–H and O–H groups in total. The van der Waals surface area contributed by atoms with Crippen molar-refractivity contribution in [3.8, 4) is 5.75 Å². The largest absolute Gasteiger partial charge is 0.497 e. The number of carbonyl (C=O) groups is 2. The van der Waals surface area contributed by atoms with Crippen molar-refractivity contribution < 1.29 is 14.3 Å². The van der Waals surface area contributed by atoms with Crippen molar-refractivity contribution in [3.05, 3.63) is 54.1 Å². The highest BCUT2D eigenvalue weighted by atomic mass is 32.2. The number of amides is 2. The van der Waals surface area contributed by atoms with E-state index >= 15 is 0 Å². The molecule has 0 aliphatic heterocycles. The summed E-state index contributed by atoms with van der Waals surface area (Å²) in [5.41, 5.74) is 2.59. The summed E-state index contributed by atoms with van der Waals surface area (Å²) in [4.78, 5) is 26.1. The first kappa shape index (κ1) is 23.1. The van der Waals surface area contributed by atoms with Gasteiger partial charge in [0.15, 0.2) is 4.34 Å². The van der Waals surface area contributed by atoms with E-state index in [0.717, 1.165) is 34.2 Å². The first-order valence-corrected chi connectivity index (χ1v) is 12.3. The van der Waals surface area contributed by atoms with Gasteiger partial charge in [-0.3, -0.25) is 9.59 Å². The maximum absolute atomic E-state index is 12.9. The Morgan fingerprint density at radius 1 is 1.15 bits per heavy atom. The van der Waals surface area contributed by atoms with Crippen molar-refractivity contribution in [2.45, 2.75) is 36.7 Å². The zero-order valence-corrected chi connectivity index (χ0v) is 20.0. The van der Waals surface area contributed by atoms with Crippen molar-refractivity contribution >= 4 is 51.4 Å². The topological polar surface area (TPSA) is 96.4 Å².